The zero-order chi connectivity index (χ0) is 22.7. The number of rotatable bonds is 7. The number of imidazole rings is 1. The normalized spacial score (nSPS) is 16.3. The minimum Gasteiger partial charge on any atom is -0.393 e. The van der Waals surface area contributed by atoms with Crippen molar-refractivity contribution >= 4 is 28.7 Å². The molecule has 3 aromatic rings. The molecule has 1 unspecified atom stereocenters. The number of ether oxygens (including phenoxy) is 1. The first-order chi connectivity index (χ1) is 15.5. The van der Waals surface area contributed by atoms with Crippen molar-refractivity contribution < 1.29 is 13.9 Å². The van der Waals surface area contributed by atoms with E-state index in [1.807, 2.05) is 11.6 Å². The number of nitrogens with zero attached hydrogens (tertiary/aromatic N) is 3. The van der Waals surface area contributed by atoms with Gasteiger partial charge in [-0.15, -0.1) is 0 Å². The van der Waals surface area contributed by atoms with Crippen LogP contribution in [0.2, 0.25) is 0 Å². The van der Waals surface area contributed by atoms with Crippen LogP contribution < -0.4 is 10.6 Å². The molecule has 0 bridgehead atoms. The van der Waals surface area contributed by atoms with E-state index in [1.165, 1.54) is 12.1 Å². The average molecular weight is 436 g/mol. The third-order valence-electron chi connectivity index (χ3n) is 5.53. The molecular formula is C23H25FN6O2. The number of benzene rings is 1. The van der Waals surface area contributed by atoms with Gasteiger partial charge in [0.25, 0.3) is 5.91 Å². The summed E-state index contributed by atoms with van der Waals surface area (Å²) < 4.78 is 21.6. The molecule has 1 atom stereocenters. The molecule has 4 rings (SSSR count). The lowest BCUT2D eigenvalue weighted by atomic mass is 10.0. The Bertz CT molecular complexity index is 1200. The van der Waals surface area contributed by atoms with Gasteiger partial charge in [0.1, 0.15) is 11.6 Å². The fraction of sp³-hybridized carbons (Fsp3) is 0.304. The topological polar surface area (TPSA) is 105 Å². The summed E-state index contributed by atoms with van der Waals surface area (Å²) in [5.41, 5.74) is 3.30. The second kappa shape index (κ2) is 9.27. The predicted molar refractivity (Wildman–Crippen MR) is 120 cm³/mol. The molecule has 8 nitrogen and oxygen atoms in total. The fourth-order valence-corrected chi connectivity index (χ4v) is 4.00. The van der Waals surface area contributed by atoms with E-state index in [9.17, 15) is 9.18 Å². The lowest BCUT2D eigenvalue weighted by molar-refractivity contribution is 0.0947. The number of hydrogen-bond donors (Lipinski definition) is 3. The van der Waals surface area contributed by atoms with E-state index >= 15 is 0 Å². The summed E-state index contributed by atoms with van der Waals surface area (Å²) in [6.45, 7) is 1.44. The van der Waals surface area contributed by atoms with Crippen LogP contribution in [0.1, 0.15) is 39.8 Å². The Labute approximate surface area is 185 Å². The van der Waals surface area contributed by atoms with Crippen LogP contribution in [-0.4, -0.2) is 46.9 Å². The molecule has 1 amide bonds. The predicted octanol–water partition coefficient (Wildman–Crippen LogP) is 2.75. The van der Waals surface area contributed by atoms with E-state index in [0.29, 0.717) is 40.9 Å². The average Bonchev–Trinajstić information content (AvgIpc) is 3.43. The summed E-state index contributed by atoms with van der Waals surface area (Å²) in [6, 6.07) is 6.25. The largest absolute Gasteiger partial charge is 0.393 e. The van der Waals surface area contributed by atoms with E-state index < -0.39 is 5.82 Å². The Balaban J connectivity index is 1.58. The molecule has 1 saturated heterocycles. The zero-order valence-electron chi connectivity index (χ0n) is 18.0. The van der Waals surface area contributed by atoms with E-state index in [0.717, 1.165) is 18.5 Å². The summed E-state index contributed by atoms with van der Waals surface area (Å²) in [5.74, 6) is 0.273. The molecule has 9 heteroatoms. The number of nitrogens with one attached hydrogen (secondary N) is 3. The number of aryl methyl sites for hydroxylation is 1. The Morgan fingerprint density at radius 3 is 2.97 bits per heavy atom. The molecule has 166 valence electrons. The molecule has 32 heavy (non-hydrogen) atoms. The number of carbonyl (C=O) groups excluding carboxylic acids is 1. The van der Waals surface area contributed by atoms with Crippen LogP contribution in [0.4, 0.5) is 4.39 Å². The Morgan fingerprint density at radius 2 is 2.25 bits per heavy atom. The van der Waals surface area contributed by atoms with Crippen molar-refractivity contribution in [3.8, 4) is 0 Å². The van der Waals surface area contributed by atoms with Crippen molar-refractivity contribution in [3.63, 3.8) is 0 Å². The SMILES string of the molecule is CN/C=C(\C=N)c1cc(F)cc(CNC(=O)c2nccc3nc(C4CCOC4)n(C)c23)c1. The van der Waals surface area contributed by atoms with Crippen molar-refractivity contribution in [2.24, 2.45) is 7.05 Å². The highest BCUT2D eigenvalue weighted by Gasteiger charge is 2.25. The van der Waals surface area contributed by atoms with Crippen LogP contribution in [0.3, 0.4) is 0 Å². The number of aromatic nitrogens is 3. The van der Waals surface area contributed by atoms with Gasteiger partial charge < -0.3 is 25.3 Å². The molecular weight excluding hydrogens is 411 g/mol. The van der Waals surface area contributed by atoms with Crippen LogP contribution >= 0.6 is 0 Å². The highest BCUT2D eigenvalue weighted by molar-refractivity contribution is 6.08. The summed E-state index contributed by atoms with van der Waals surface area (Å²) >= 11 is 0. The lowest BCUT2D eigenvalue weighted by Gasteiger charge is -2.10. The van der Waals surface area contributed by atoms with Crippen molar-refractivity contribution in [1.29, 1.82) is 5.41 Å². The standard InChI is InChI=1S/C23H25FN6O2/c1-26-12-17(10-25)16-7-14(8-18(24)9-16)11-28-23(31)20-21-19(3-5-27-20)29-22(30(21)2)15-4-6-32-13-15/h3,5,7-10,12,15,25-26H,4,6,11,13H2,1-2H3,(H,28,31)/b17-12+,25-10?. The number of halogens is 1. The lowest BCUT2D eigenvalue weighted by Crippen LogP contribution is -2.24. The molecule has 0 spiro atoms. The van der Waals surface area contributed by atoms with Crippen molar-refractivity contribution in [1.82, 2.24) is 25.2 Å². The van der Waals surface area contributed by atoms with Gasteiger partial charge in [0.15, 0.2) is 5.69 Å². The molecule has 1 aliphatic heterocycles. The molecule has 1 fully saturated rings. The first kappa shape index (κ1) is 21.6. The maximum absolute atomic E-state index is 14.2. The van der Waals surface area contributed by atoms with E-state index in [1.54, 1.807) is 31.6 Å². The van der Waals surface area contributed by atoms with E-state index in [-0.39, 0.29) is 24.1 Å². The van der Waals surface area contributed by atoms with Gasteiger partial charge >= 0.3 is 0 Å². The molecule has 0 aliphatic carbocycles. The summed E-state index contributed by atoms with van der Waals surface area (Å²) in [6.07, 6.45) is 5.23. The van der Waals surface area contributed by atoms with Crippen LogP contribution in [0, 0.1) is 11.2 Å². The van der Waals surface area contributed by atoms with Gasteiger partial charge in [-0.05, 0) is 41.8 Å². The summed E-state index contributed by atoms with van der Waals surface area (Å²) in [7, 11) is 3.59. The molecule has 0 saturated carbocycles. The third-order valence-corrected chi connectivity index (χ3v) is 5.53. The summed E-state index contributed by atoms with van der Waals surface area (Å²) in [5, 5.41) is 13.2. The fourth-order valence-electron chi connectivity index (χ4n) is 4.00. The van der Waals surface area contributed by atoms with Crippen molar-refractivity contribution in [3.05, 3.63) is 65.1 Å². The second-order valence-corrected chi connectivity index (χ2v) is 7.68. The molecule has 1 aliphatic rings. The Morgan fingerprint density at radius 1 is 1.41 bits per heavy atom. The number of pyridine rings is 1. The molecule has 1 aromatic carbocycles. The van der Waals surface area contributed by atoms with Gasteiger partial charge in [-0.3, -0.25) is 4.79 Å². The second-order valence-electron chi connectivity index (χ2n) is 7.68. The van der Waals surface area contributed by atoms with E-state index in [4.69, 9.17) is 15.1 Å². The maximum atomic E-state index is 14.2. The van der Waals surface area contributed by atoms with Gasteiger partial charge in [0, 0.05) is 57.3 Å². The Hall–Kier alpha value is -3.59. The first-order valence-electron chi connectivity index (χ1n) is 10.4. The monoisotopic (exact) mass is 436 g/mol. The number of allylic oxidation sites excluding steroid dienone is 1. The minimum atomic E-state index is -0.439. The highest BCUT2D eigenvalue weighted by Crippen LogP contribution is 2.28. The molecule has 0 radical (unpaired) electrons. The van der Waals surface area contributed by atoms with Crippen LogP contribution in [0.5, 0.6) is 0 Å². The smallest absolute Gasteiger partial charge is 0.272 e. The molecule has 3 heterocycles. The third kappa shape index (κ3) is 4.24. The van der Waals surface area contributed by atoms with Crippen LogP contribution in [-0.2, 0) is 18.3 Å². The van der Waals surface area contributed by atoms with E-state index in [2.05, 4.69) is 15.6 Å². The highest BCUT2D eigenvalue weighted by atomic mass is 19.1. The van der Waals surface area contributed by atoms with Crippen LogP contribution in [0.15, 0.2) is 36.7 Å². The Kier molecular flexibility index (Phi) is 6.27. The van der Waals surface area contributed by atoms with Gasteiger partial charge in [-0.1, -0.05) is 0 Å². The first-order valence-corrected chi connectivity index (χ1v) is 10.4. The summed E-state index contributed by atoms with van der Waals surface area (Å²) in [4.78, 5) is 22.0. The van der Waals surface area contributed by atoms with Gasteiger partial charge in [0.2, 0.25) is 0 Å². The van der Waals surface area contributed by atoms with Crippen molar-refractivity contribution in [2.75, 3.05) is 20.3 Å². The number of amides is 1. The van der Waals surface area contributed by atoms with Gasteiger partial charge in [-0.2, -0.15) is 0 Å². The van der Waals surface area contributed by atoms with Crippen LogP contribution in [0.25, 0.3) is 16.6 Å². The van der Waals surface area contributed by atoms with Gasteiger partial charge in [0.05, 0.1) is 17.6 Å². The number of fused-ring (bicyclic) bond motifs is 1. The molecule has 3 N–H and O–H groups in total. The van der Waals surface area contributed by atoms with Crippen molar-refractivity contribution in [2.45, 2.75) is 18.9 Å². The maximum Gasteiger partial charge on any atom is 0.272 e. The number of carbonyl (C=O) groups is 1. The number of hydrogen-bond acceptors (Lipinski definition) is 6. The van der Waals surface area contributed by atoms with Gasteiger partial charge in [-0.25, -0.2) is 14.4 Å². The molecule has 2 aromatic heterocycles. The minimum absolute atomic E-state index is 0.119. The zero-order valence-corrected chi connectivity index (χ0v) is 18.0. The quantitative estimate of drug-likeness (QED) is 0.494.